The van der Waals surface area contributed by atoms with E-state index in [1.165, 1.54) is 45.1 Å². The molecule has 1 spiro atoms. The maximum Gasteiger partial charge on any atom is 0.0247 e. The second-order valence-corrected chi connectivity index (χ2v) is 4.81. The number of nitrogens with zero attached hydrogens (tertiary/aromatic N) is 1. The number of nitrogens with two attached hydrogens (primary N) is 1. The molecule has 1 unspecified atom stereocenters. The Morgan fingerprint density at radius 3 is 2.62 bits per heavy atom. The van der Waals surface area contributed by atoms with E-state index in [1.807, 2.05) is 0 Å². The van der Waals surface area contributed by atoms with Crippen molar-refractivity contribution in [2.45, 2.75) is 44.1 Å². The summed E-state index contributed by atoms with van der Waals surface area (Å²) in [5, 5.41) is 0. The van der Waals surface area contributed by atoms with Crippen molar-refractivity contribution in [3.8, 4) is 0 Å². The second kappa shape index (κ2) is 3.58. The molecule has 0 radical (unpaired) electrons. The molecular weight excluding hydrogens is 160 g/mol. The number of likely N-dealkylation sites (tertiary alicyclic amines) is 1. The Morgan fingerprint density at radius 1 is 1.31 bits per heavy atom. The first-order chi connectivity index (χ1) is 6.29. The Balaban J connectivity index is 2.14. The zero-order valence-corrected chi connectivity index (χ0v) is 8.76. The van der Waals surface area contributed by atoms with Gasteiger partial charge in [0.25, 0.3) is 0 Å². The van der Waals surface area contributed by atoms with Gasteiger partial charge in [-0.15, -0.1) is 0 Å². The van der Waals surface area contributed by atoms with Crippen LogP contribution in [0.2, 0.25) is 0 Å². The number of hydrogen-bond donors (Lipinski definition) is 1. The van der Waals surface area contributed by atoms with E-state index in [4.69, 9.17) is 5.73 Å². The largest absolute Gasteiger partial charge is 0.330 e. The van der Waals surface area contributed by atoms with E-state index >= 15 is 0 Å². The quantitative estimate of drug-likeness (QED) is 0.667. The van der Waals surface area contributed by atoms with E-state index in [2.05, 4.69) is 11.9 Å². The molecule has 2 nitrogen and oxygen atoms in total. The van der Waals surface area contributed by atoms with E-state index in [1.54, 1.807) is 0 Å². The lowest BCUT2D eigenvalue weighted by atomic mass is 9.73. The molecule has 76 valence electrons. The normalized spacial score (nSPS) is 34.2. The molecule has 1 saturated carbocycles. The van der Waals surface area contributed by atoms with Gasteiger partial charge in [-0.3, -0.25) is 0 Å². The molecule has 1 saturated heterocycles. The van der Waals surface area contributed by atoms with Crippen molar-refractivity contribution >= 4 is 0 Å². The first-order valence-corrected chi connectivity index (χ1v) is 5.71. The molecule has 2 rings (SSSR count). The number of rotatable bonds is 1. The third-order valence-electron chi connectivity index (χ3n) is 4.34. The summed E-state index contributed by atoms with van der Waals surface area (Å²) >= 11 is 0. The maximum absolute atomic E-state index is 5.87. The van der Waals surface area contributed by atoms with Crippen LogP contribution in [-0.4, -0.2) is 30.6 Å². The predicted octanol–water partition coefficient (Wildman–Crippen LogP) is 1.60. The van der Waals surface area contributed by atoms with Gasteiger partial charge in [0, 0.05) is 5.54 Å². The Labute approximate surface area is 81.5 Å². The fraction of sp³-hybridized carbons (Fsp3) is 1.00. The first kappa shape index (κ1) is 9.47. The molecule has 1 aliphatic heterocycles. The third kappa shape index (κ3) is 1.40. The molecule has 2 heteroatoms. The minimum atomic E-state index is 0.507. The van der Waals surface area contributed by atoms with Crippen molar-refractivity contribution < 1.29 is 0 Å². The van der Waals surface area contributed by atoms with Crippen LogP contribution in [0.3, 0.4) is 0 Å². The van der Waals surface area contributed by atoms with Crippen LogP contribution in [0.25, 0.3) is 0 Å². The van der Waals surface area contributed by atoms with Gasteiger partial charge < -0.3 is 10.6 Å². The lowest BCUT2D eigenvalue weighted by Crippen LogP contribution is -2.49. The highest BCUT2D eigenvalue weighted by molar-refractivity contribution is 5.02. The van der Waals surface area contributed by atoms with Crippen LogP contribution in [0.4, 0.5) is 0 Å². The van der Waals surface area contributed by atoms with E-state index in [-0.39, 0.29) is 0 Å². The molecule has 1 atom stereocenters. The summed E-state index contributed by atoms with van der Waals surface area (Å²) in [4.78, 5) is 2.59. The lowest BCUT2D eigenvalue weighted by molar-refractivity contribution is 0.0829. The van der Waals surface area contributed by atoms with Crippen molar-refractivity contribution in [3.05, 3.63) is 0 Å². The molecule has 2 N–H and O–H groups in total. The van der Waals surface area contributed by atoms with Gasteiger partial charge in [-0.05, 0) is 45.3 Å². The molecule has 0 aromatic rings. The van der Waals surface area contributed by atoms with Gasteiger partial charge in [0.15, 0.2) is 0 Å². The van der Waals surface area contributed by atoms with E-state index in [0.29, 0.717) is 5.54 Å². The Kier molecular flexibility index (Phi) is 2.61. The molecule has 13 heavy (non-hydrogen) atoms. The standard InChI is InChI=1S/C11H22N2/c1-13-8-5-10(9-12)11(13)6-3-2-4-7-11/h10H,2-9,12H2,1H3. The van der Waals surface area contributed by atoms with Crippen molar-refractivity contribution in [2.75, 3.05) is 20.1 Å². The zero-order chi connectivity index (χ0) is 9.31. The molecule has 0 aromatic carbocycles. The summed E-state index contributed by atoms with van der Waals surface area (Å²) in [6, 6.07) is 0. The highest BCUT2D eigenvalue weighted by atomic mass is 15.2. The van der Waals surface area contributed by atoms with Crippen molar-refractivity contribution in [1.29, 1.82) is 0 Å². The average molecular weight is 182 g/mol. The molecule has 1 aliphatic carbocycles. The smallest absolute Gasteiger partial charge is 0.0247 e. The molecule has 2 aliphatic rings. The van der Waals surface area contributed by atoms with Crippen LogP contribution < -0.4 is 5.73 Å². The van der Waals surface area contributed by atoms with Crippen molar-refractivity contribution in [3.63, 3.8) is 0 Å². The van der Waals surface area contributed by atoms with Crippen LogP contribution in [0.5, 0.6) is 0 Å². The molecule has 0 aromatic heterocycles. The Hall–Kier alpha value is -0.0800. The van der Waals surface area contributed by atoms with Gasteiger partial charge in [-0.2, -0.15) is 0 Å². The van der Waals surface area contributed by atoms with Crippen LogP contribution in [0.15, 0.2) is 0 Å². The zero-order valence-electron chi connectivity index (χ0n) is 8.76. The summed E-state index contributed by atoms with van der Waals surface area (Å²) < 4.78 is 0. The summed E-state index contributed by atoms with van der Waals surface area (Å²) in [7, 11) is 2.29. The summed E-state index contributed by atoms with van der Waals surface area (Å²) in [5.74, 6) is 0.776. The van der Waals surface area contributed by atoms with Crippen molar-refractivity contribution in [1.82, 2.24) is 4.90 Å². The van der Waals surface area contributed by atoms with E-state index < -0.39 is 0 Å². The predicted molar refractivity (Wildman–Crippen MR) is 55.6 cm³/mol. The SMILES string of the molecule is CN1CCC(CN)C12CCCCC2. The maximum atomic E-state index is 5.87. The van der Waals surface area contributed by atoms with Crippen LogP contribution in [-0.2, 0) is 0 Å². The van der Waals surface area contributed by atoms with Gasteiger partial charge in [0.05, 0.1) is 0 Å². The third-order valence-corrected chi connectivity index (χ3v) is 4.34. The minimum Gasteiger partial charge on any atom is -0.330 e. The minimum absolute atomic E-state index is 0.507. The highest BCUT2D eigenvalue weighted by Gasteiger charge is 2.46. The van der Waals surface area contributed by atoms with E-state index in [9.17, 15) is 0 Å². The van der Waals surface area contributed by atoms with Gasteiger partial charge in [0.2, 0.25) is 0 Å². The van der Waals surface area contributed by atoms with Crippen LogP contribution in [0.1, 0.15) is 38.5 Å². The monoisotopic (exact) mass is 182 g/mol. The fourth-order valence-electron chi connectivity index (χ4n) is 3.44. The van der Waals surface area contributed by atoms with Gasteiger partial charge in [-0.25, -0.2) is 0 Å². The molecule has 0 amide bonds. The first-order valence-electron chi connectivity index (χ1n) is 5.71. The van der Waals surface area contributed by atoms with Crippen LogP contribution >= 0.6 is 0 Å². The summed E-state index contributed by atoms with van der Waals surface area (Å²) in [6.07, 6.45) is 8.39. The Morgan fingerprint density at radius 2 is 2.00 bits per heavy atom. The highest BCUT2D eigenvalue weighted by Crippen LogP contribution is 2.44. The lowest BCUT2D eigenvalue weighted by Gasteiger charge is -2.43. The molecule has 1 heterocycles. The van der Waals surface area contributed by atoms with Crippen molar-refractivity contribution in [2.24, 2.45) is 11.7 Å². The van der Waals surface area contributed by atoms with E-state index in [0.717, 1.165) is 12.5 Å². The van der Waals surface area contributed by atoms with Gasteiger partial charge in [-0.1, -0.05) is 19.3 Å². The fourth-order valence-corrected chi connectivity index (χ4v) is 3.44. The number of hydrogen-bond acceptors (Lipinski definition) is 2. The topological polar surface area (TPSA) is 29.3 Å². The summed E-state index contributed by atoms with van der Waals surface area (Å²) in [5.41, 5.74) is 6.38. The summed E-state index contributed by atoms with van der Waals surface area (Å²) in [6.45, 7) is 2.16. The molecule has 2 fully saturated rings. The van der Waals surface area contributed by atoms with Gasteiger partial charge in [0.1, 0.15) is 0 Å². The van der Waals surface area contributed by atoms with Crippen LogP contribution in [0, 0.1) is 5.92 Å². The second-order valence-electron chi connectivity index (χ2n) is 4.81. The average Bonchev–Trinajstić information content (AvgIpc) is 2.46. The molecule has 0 bridgehead atoms. The Bertz CT molecular complexity index is 173. The molecular formula is C11H22N2. The van der Waals surface area contributed by atoms with Gasteiger partial charge >= 0.3 is 0 Å².